The van der Waals surface area contributed by atoms with Crippen LogP contribution in [0.4, 0.5) is 0 Å². The first kappa shape index (κ1) is 20.0. The van der Waals surface area contributed by atoms with Crippen molar-refractivity contribution in [2.45, 2.75) is 56.6 Å². The Balaban J connectivity index is 1.99. The van der Waals surface area contributed by atoms with Crippen LogP contribution in [0.25, 0.3) is 0 Å². The molecule has 2 atom stereocenters. The number of H-pyrrole nitrogens is 2. The molecule has 2 unspecified atom stereocenters. The quantitative estimate of drug-likeness (QED) is 0.517. The largest absolute Gasteiger partial charge is 0.346 e. The Bertz CT molecular complexity index is 1110. The Kier molecular flexibility index (Phi) is 5.26. The molecule has 11 nitrogen and oxygen atoms in total. The number of aromatic amines is 2. The number of amides is 1. The summed E-state index contributed by atoms with van der Waals surface area (Å²) >= 11 is 0. The number of aromatic nitrogens is 4. The number of nitrogens with one attached hydrogen (secondary N) is 4. The number of nitrogens with zero attached hydrogens (tertiary/aromatic N) is 2. The Hall–Kier alpha value is -2.73. The van der Waals surface area contributed by atoms with Crippen LogP contribution in [-0.4, -0.2) is 40.1 Å². The van der Waals surface area contributed by atoms with Gasteiger partial charge in [0.1, 0.15) is 0 Å². The minimum atomic E-state index is -4.26. The van der Waals surface area contributed by atoms with Crippen molar-refractivity contribution >= 4 is 15.9 Å². The Morgan fingerprint density at radius 3 is 2.61 bits per heavy atom. The third-order valence-corrected chi connectivity index (χ3v) is 6.20. The number of carbonyl (C=O) groups excluding carboxylic acids is 1. The molecule has 1 aliphatic rings. The molecule has 0 aliphatic carbocycles. The molecule has 12 heteroatoms. The van der Waals surface area contributed by atoms with Crippen LogP contribution in [0.3, 0.4) is 0 Å². The first-order chi connectivity index (χ1) is 13.1. The van der Waals surface area contributed by atoms with E-state index >= 15 is 0 Å². The minimum absolute atomic E-state index is 0.00498. The van der Waals surface area contributed by atoms with Crippen molar-refractivity contribution in [1.29, 1.82) is 0 Å². The molecule has 0 bridgehead atoms. The van der Waals surface area contributed by atoms with Gasteiger partial charge in [0.15, 0.2) is 4.90 Å². The van der Waals surface area contributed by atoms with Crippen molar-refractivity contribution in [2.24, 2.45) is 0 Å². The highest BCUT2D eigenvalue weighted by Crippen LogP contribution is 2.27. The smallest absolute Gasteiger partial charge is 0.325 e. The van der Waals surface area contributed by atoms with E-state index in [9.17, 15) is 22.8 Å². The predicted molar refractivity (Wildman–Crippen MR) is 99.3 cm³/mol. The maximum atomic E-state index is 12.9. The molecule has 0 spiro atoms. The van der Waals surface area contributed by atoms with Gasteiger partial charge in [0.25, 0.3) is 5.56 Å². The minimum Gasteiger partial charge on any atom is -0.346 e. The zero-order valence-corrected chi connectivity index (χ0v) is 16.5. The summed E-state index contributed by atoms with van der Waals surface area (Å²) < 4.78 is 30.0. The first-order valence-electron chi connectivity index (χ1n) is 8.78. The number of carbonyl (C=O) groups is 1. The van der Waals surface area contributed by atoms with Crippen molar-refractivity contribution in [3.05, 3.63) is 44.5 Å². The van der Waals surface area contributed by atoms with Gasteiger partial charge in [-0.15, -0.1) is 0 Å². The normalized spacial score (nSPS) is 20.4. The molecule has 1 aliphatic heterocycles. The molecule has 1 saturated heterocycles. The summed E-state index contributed by atoms with van der Waals surface area (Å²) in [5.41, 5.74) is -1.20. The van der Waals surface area contributed by atoms with Crippen LogP contribution in [0, 0.1) is 6.92 Å². The second kappa shape index (κ2) is 7.36. The Morgan fingerprint density at radius 2 is 1.96 bits per heavy atom. The van der Waals surface area contributed by atoms with Crippen molar-refractivity contribution in [2.75, 3.05) is 0 Å². The maximum absolute atomic E-state index is 12.9. The average Bonchev–Trinajstić information content (AvgIpc) is 3.04. The van der Waals surface area contributed by atoms with Crippen LogP contribution >= 0.6 is 0 Å². The fourth-order valence-electron chi connectivity index (χ4n) is 3.38. The molecule has 1 fully saturated rings. The fourth-order valence-corrected chi connectivity index (χ4v) is 4.90. The van der Waals surface area contributed by atoms with E-state index in [1.54, 1.807) is 16.9 Å². The van der Waals surface area contributed by atoms with Gasteiger partial charge in [-0.25, -0.2) is 17.9 Å². The van der Waals surface area contributed by atoms with Gasteiger partial charge in [-0.1, -0.05) is 0 Å². The van der Waals surface area contributed by atoms with Gasteiger partial charge in [0.05, 0.1) is 11.7 Å². The van der Waals surface area contributed by atoms with E-state index in [2.05, 4.69) is 20.1 Å². The molecule has 4 N–H and O–H groups in total. The standard InChI is InChI=1S/C16H22N6O5S/c1-8(2)22-11(6-7-17-22)13-10(4-5-12(23)19-13)21-28(26,27)14-9(3)18-16(25)20-15(14)24/h6-8,10,13,21H,4-5H2,1-3H3,(H,19,23)(H2,18,20,24,25). The summed E-state index contributed by atoms with van der Waals surface area (Å²) in [6.45, 7) is 5.17. The second-order valence-electron chi connectivity index (χ2n) is 6.97. The van der Waals surface area contributed by atoms with E-state index in [0.717, 1.165) is 0 Å². The van der Waals surface area contributed by atoms with E-state index < -0.39 is 38.3 Å². The number of sulfonamides is 1. The monoisotopic (exact) mass is 410 g/mol. The van der Waals surface area contributed by atoms with Crippen LogP contribution in [-0.2, 0) is 14.8 Å². The van der Waals surface area contributed by atoms with Crippen molar-refractivity contribution < 1.29 is 13.2 Å². The lowest BCUT2D eigenvalue weighted by Crippen LogP contribution is -2.51. The van der Waals surface area contributed by atoms with E-state index in [-0.39, 0.29) is 30.5 Å². The van der Waals surface area contributed by atoms with Gasteiger partial charge in [0, 0.05) is 30.4 Å². The van der Waals surface area contributed by atoms with E-state index in [0.29, 0.717) is 5.69 Å². The lowest BCUT2D eigenvalue weighted by molar-refractivity contribution is -0.123. The number of rotatable bonds is 5. The van der Waals surface area contributed by atoms with Crippen molar-refractivity contribution in [3.63, 3.8) is 0 Å². The lowest BCUT2D eigenvalue weighted by atomic mass is 9.96. The number of piperidine rings is 1. The van der Waals surface area contributed by atoms with E-state index in [4.69, 9.17) is 0 Å². The number of hydrogen-bond donors (Lipinski definition) is 4. The van der Waals surface area contributed by atoms with Crippen LogP contribution in [0.2, 0.25) is 0 Å². The molecular weight excluding hydrogens is 388 g/mol. The summed E-state index contributed by atoms with van der Waals surface area (Å²) in [5, 5.41) is 7.04. The molecule has 2 aromatic heterocycles. The fraction of sp³-hybridized carbons (Fsp3) is 0.500. The van der Waals surface area contributed by atoms with Gasteiger partial charge < -0.3 is 10.3 Å². The van der Waals surface area contributed by atoms with Crippen LogP contribution in [0.1, 0.15) is 50.2 Å². The van der Waals surface area contributed by atoms with Crippen LogP contribution in [0.5, 0.6) is 0 Å². The number of hydrogen-bond acceptors (Lipinski definition) is 6. The molecular formula is C16H22N6O5S. The highest BCUT2D eigenvalue weighted by molar-refractivity contribution is 7.89. The molecule has 0 aromatic carbocycles. The highest BCUT2D eigenvalue weighted by atomic mass is 32.2. The lowest BCUT2D eigenvalue weighted by Gasteiger charge is -2.33. The summed E-state index contributed by atoms with van der Waals surface area (Å²) in [4.78, 5) is 39.0. The molecule has 1 amide bonds. The molecule has 152 valence electrons. The topological polar surface area (TPSA) is 159 Å². The summed E-state index contributed by atoms with van der Waals surface area (Å²) in [5.74, 6) is -0.199. The van der Waals surface area contributed by atoms with Crippen LogP contribution in [0.15, 0.2) is 26.7 Å². The molecule has 3 heterocycles. The molecule has 3 rings (SSSR count). The summed E-state index contributed by atoms with van der Waals surface area (Å²) in [6, 6.07) is 0.381. The van der Waals surface area contributed by atoms with Gasteiger partial charge >= 0.3 is 5.69 Å². The Morgan fingerprint density at radius 1 is 1.25 bits per heavy atom. The van der Waals surface area contributed by atoms with Gasteiger partial charge in [-0.2, -0.15) is 5.10 Å². The third kappa shape index (κ3) is 3.78. The third-order valence-electron chi connectivity index (χ3n) is 4.56. The average molecular weight is 410 g/mol. The van der Waals surface area contributed by atoms with Crippen LogP contribution < -0.4 is 21.3 Å². The molecule has 0 saturated carbocycles. The Labute approximate surface area is 160 Å². The maximum Gasteiger partial charge on any atom is 0.325 e. The predicted octanol–water partition coefficient (Wildman–Crippen LogP) is -0.553. The summed E-state index contributed by atoms with van der Waals surface area (Å²) in [7, 11) is -4.26. The number of aryl methyl sites for hydroxylation is 1. The SMILES string of the molecule is Cc1[nH]c(=O)[nH]c(=O)c1S(=O)(=O)NC1CCC(=O)NC1c1ccnn1C(C)C. The van der Waals surface area contributed by atoms with Crippen molar-refractivity contribution in [1.82, 2.24) is 29.8 Å². The zero-order chi connectivity index (χ0) is 20.6. The van der Waals surface area contributed by atoms with Gasteiger partial charge in [0.2, 0.25) is 15.9 Å². The molecule has 2 aromatic rings. The van der Waals surface area contributed by atoms with E-state index in [1.807, 2.05) is 18.8 Å². The van der Waals surface area contributed by atoms with Gasteiger partial charge in [-0.05, 0) is 33.3 Å². The molecule has 28 heavy (non-hydrogen) atoms. The van der Waals surface area contributed by atoms with Crippen molar-refractivity contribution in [3.8, 4) is 0 Å². The zero-order valence-electron chi connectivity index (χ0n) is 15.6. The summed E-state index contributed by atoms with van der Waals surface area (Å²) in [6.07, 6.45) is 1.97. The second-order valence-corrected chi connectivity index (χ2v) is 8.62. The highest BCUT2D eigenvalue weighted by Gasteiger charge is 2.36. The van der Waals surface area contributed by atoms with Gasteiger partial charge in [-0.3, -0.25) is 19.3 Å². The first-order valence-corrected chi connectivity index (χ1v) is 10.3. The van der Waals surface area contributed by atoms with E-state index in [1.165, 1.54) is 6.92 Å². The molecule has 0 radical (unpaired) electrons.